The molecule has 1 aromatic carbocycles. The number of ether oxygens (including phenoxy) is 1. The quantitative estimate of drug-likeness (QED) is 0.502. The Bertz CT molecular complexity index is 674. The van der Waals surface area contributed by atoms with Crippen LogP contribution < -0.4 is 0 Å². The third-order valence-electron chi connectivity index (χ3n) is 3.93. The highest BCUT2D eigenvalue weighted by Crippen LogP contribution is 2.42. The van der Waals surface area contributed by atoms with Crippen molar-refractivity contribution in [3.8, 4) is 0 Å². The molecule has 6 nitrogen and oxygen atoms in total. The van der Waals surface area contributed by atoms with Crippen LogP contribution >= 0.6 is 23.2 Å². The molecule has 0 aromatic heterocycles. The smallest absolute Gasteiger partial charge is 0.337 e. The number of halogens is 2. The first-order valence-corrected chi connectivity index (χ1v) is 7.68. The van der Waals surface area contributed by atoms with Gasteiger partial charge in [-0.15, -0.1) is 0 Å². The number of rotatable bonds is 4. The minimum atomic E-state index is -0.760. The number of esters is 1. The number of carbonyl (C=O) groups is 1. The van der Waals surface area contributed by atoms with Crippen molar-refractivity contribution < 1.29 is 19.6 Å². The summed E-state index contributed by atoms with van der Waals surface area (Å²) in [5, 5.41) is 22.1. The molecule has 23 heavy (non-hydrogen) atoms. The van der Waals surface area contributed by atoms with Crippen molar-refractivity contribution in [1.82, 2.24) is 0 Å². The van der Waals surface area contributed by atoms with Gasteiger partial charge in [0.15, 0.2) is 0 Å². The van der Waals surface area contributed by atoms with E-state index in [1.165, 1.54) is 7.11 Å². The molecule has 0 saturated heterocycles. The molecule has 0 heterocycles. The standard InChI is InChI=1S/C15H15Cl2NO5/c1-23-15(20)13-8(7-18(21)22)2-4-11(14(13)19)10-5-3-9(16)6-12(10)17/h3,5-6,8,11,19H,2,4,7H2,1H3. The fourth-order valence-electron chi connectivity index (χ4n) is 2.88. The molecule has 1 aromatic rings. The number of allylic oxidation sites excluding steroid dienone is 1. The molecular formula is C15H15Cl2NO5. The number of hydrogen-bond donors (Lipinski definition) is 1. The summed E-state index contributed by atoms with van der Waals surface area (Å²) < 4.78 is 4.67. The summed E-state index contributed by atoms with van der Waals surface area (Å²) in [7, 11) is 1.17. The van der Waals surface area contributed by atoms with Crippen molar-refractivity contribution in [2.24, 2.45) is 5.92 Å². The van der Waals surface area contributed by atoms with Crippen LogP contribution in [-0.4, -0.2) is 29.7 Å². The van der Waals surface area contributed by atoms with Crippen LogP contribution in [0.1, 0.15) is 24.3 Å². The number of nitrogens with zero attached hydrogens (tertiary/aromatic N) is 1. The van der Waals surface area contributed by atoms with Crippen LogP contribution in [0.5, 0.6) is 0 Å². The molecule has 1 aliphatic carbocycles. The lowest BCUT2D eigenvalue weighted by atomic mass is 9.78. The summed E-state index contributed by atoms with van der Waals surface area (Å²) in [5.74, 6) is -2.18. The lowest BCUT2D eigenvalue weighted by Crippen LogP contribution is -2.29. The zero-order chi connectivity index (χ0) is 17.1. The third kappa shape index (κ3) is 3.76. The zero-order valence-corrected chi connectivity index (χ0v) is 13.8. The van der Waals surface area contributed by atoms with E-state index in [0.717, 1.165) is 0 Å². The molecule has 2 rings (SSSR count). The minimum absolute atomic E-state index is 0.0496. The maximum atomic E-state index is 12.0. The van der Waals surface area contributed by atoms with Gasteiger partial charge in [-0.1, -0.05) is 29.3 Å². The van der Waals surface area contributed by atoms with E-state index in [9.17, 15) is 20.0 Å². The maximum absolute atomic E-state index is 12.0. The Kier molecular flexibility index (Phi) is 5.49. The van der Waals surface area contributed by atoms with Crippen LogP contribution in [0.25, 0.3) is 0 Å². The number of methoxy groups -OCH3 is 1. The number of aliphatic hydroxyl groups excluding tert-OH is 1. The van der Waals surface area contributed by atoms with E-state index in [1.54, 1.807) is 18.2 Å². The Balaban J connectivity index is 2.47. The van der Waals surface area contributed by atoms with E-state index in [1.807, 2.05) is 0 Å². The Hall–Kier alpha value is -1.79. The van der Waals surface area contributed by atoms with Crippen LogP contribution in [0.4, 0.5) is 0 Å². The predicted octanol–water partition coefficient (Wildman–Crippen LogP) is 3.75. The summed E-state index contributed by atoms with van der Waals surface area (Å²) in [6.07, 6.45) is 0.811. The third-order valence-corrected chi connectivity index (χ3v) is 4.49. The molecule has 0 aliphatic heterocycles. The Morgan fingerprint density at radius 3 is 2.70 bits per heavy atom. The Morgan fingerprint density at radius 1 is 1.43 bits per heavy atom. The highest BCUT2D eigenvalue weighted by molar-refractivity contribution is 6.35. The average Bonchev–Trinajstić information content (AvgIpc) is 2.47. The topological polar surface area (TPSA) is 89.7 Å². The van der Waals surface area contributed by atoms with E-state index in [2.05, 4.69) is 4.74 Å². The fourth-order valence-corrected chi connectivity index (χ4v) is 3.42. The van der Waals surface area contributed by atoms with Gasteiger partial charge >= 0.3 is 5.97 Å². The zero-order valence-electron chi connectivity index (χ0n) is 12.3. The number of nitro groups is 1. The van der Waals surface area contributed by atoms with Crippen molar-refractivity contribution in [3.63, 3.8) is 0 Å². The highest BCUT2D eigenvalue weighted by atomic mass is 35.5. The molecular weight excluding hydrogens is 345 g/mol. The summed E-state index contributed by atoms with van der Waals surface area (Å²) in [5.41, 5.74) is 0.570. The molecule has 0 bridgehead atoms. The lowest BCUT2D eigenvalue weighted by Gasteiger charge is -2.28. The number of carbonyl (C=O) groups excluding carboxylic acids is 1. The summed E-state index contributed by atoms with van der Waals surface area (Å²) in [6.45, 7) is -0.435. The molecule has 8 heteroatoms. The van der Waals surface area contributed by atoms with Gasteiger partial charge in [0.1, 0.15) is 5.76 Å². The van der Waals surface area contributed by atoms with Gasteiger partial charge in [-0.05, 0) is 30.5 Å². The fraction of sp³-hybridized carbons (Fsp3) is 0.400. The Morgan fingerprint density at radius 2 is 2.13 bits per heavy atom. The van der Waals surface area contributed by atoms with Crippen LogP contribution in [0.15, 0.2) is 29.5 Å². The highest BCUT2D eigenvalue weighted by Gasteiger charge is 2.38. The van der Waals surface area contributed by atoms with Gasteiger partial charge < -0.3 is 9.84 Å². The minimum Gasteiger partial charge on any atom is -0.511 e. The molecule has 1 N–H and O–H groups in total. The van der Waals surface area contributed by atoms with Crippen molar-refractivity contribution in [2.45, 2.75) is 18.8 Å². The maximum Gasteiger partial charge on any atom is 0.337 e. The second kappa shape index (κ2) is 7.19. The van der Waals surface area contributed by atoms with Gasteiger partial charge in [-0.25, -0.2) is 4.79 Å². The molecule has 2 unspecified atom stereocenters. The summed E-state index contributed by atoms with van der Waals surface area (Å²) in [6, 6.07) is 4.86. The van der Waals surface area contributed by atoms with E-state index in [-0.39, 0.29) is 11.3 Å². The number of aliphatic hydroxyl groups is 1. The first-order chi connectivity index (χ1) is 10.8. The lowest BCUT2D eigenvalue weighted by molar-refractivity contribution is -0.486. The number of benzene rings is 1. The summed E-state index contributed by atoms with van der Waals surface area (Å²) in [4.78, 5) is 22.3. The predicted molar refractivity (Wildman–Crippen MR) is 85.5 cm³/mol. The van der Waals surface area contributed by atoms with E-state index in [4.69, 9.17) is 23.2 Å². The summed E-state index contributed by atoms with van der Waals surface area (Å²) >= 11 is 12.0. The van der Waals surface area contributed by atoms with Crippen molar-refractivity contribution in [3.05, 3.63) is 55.3 Å². The molecule has 124 valence electrons. The van der Waals surface area contributed by atoms with E-state index >= 15 is 0 Å². The SMILES string of the molecule is COC(=O)C1=C(O)C(c2ccc(Cl)cc2Cl)CCC1C[N+](=O)[O-]. The van der Waals surface area contributed by atoms with Crippen LogP contribution in [0.2, 0.25) is 10.0 Å². The monoisotopic (exact) mass is 359 g/mol. The van der Waals surface area contributed by atoms with E-state index < -0.39 is 29.3 Å². The van der Waals surface area contributed by atoms with Gasteiger partial charge in [0, 0.05) is 20.9 Å². The van der Waals surface area contributed by atoms with Gasteiger partial charge in [0.25, 0.3) is 0 Å². The Labute approximate surface area is 142 Å². The molecule has 0 fully saturated rings. The van der Waals surface area contributed by atoms with Crippen LogP contribution in [0.3, 0.4) is 0 Å². The van der Waals surface area contributed by atoms with E-state index in [0.29, 0.717) is 28.5 Å². The van der Waals surface area contributed by atoms with Gasteiger partial charge in [0.2, 0.25) is 6.54 Å². The van der Waals surface area contributed by atoms with Crippen LogP contribution in [-0.2, 0) is 9.53 Å². The molecule has 0 radical (unpaired) electrons. The molecule has 1 aliphatic rings. The van der Waals surface area contributed by atoms with Crippen molar-refractivity contribution >= 4 is 29.2 Å². The van der Waals surface area contributed by atoms with Gasteiger partial charge in [-0.3, -0.25) is 10.1 Å². The van der Waals surface area contributed by atoms with Crippen LogP contribution in [0, 0.1) is 16.0 Å². The normalized spacial score (nSPS) is 21.2. The first-order valence-electron chi connectivity index (χ1n) is 6.93. The first kappa shape index (κ1) is 17.6. The van der Waals surface area contributed by atoms with Crippen molar-refractivity contribution in [1.29, 1.82) is 0 Å². The van der Waals surface area contributed by atoms with Gasteiger partial charge in [0.05, 0.1) is 18.6 Å². The largest absolute Gasteiger partial charge is 0.511 e. The van der Waals surface area contributed by atoms with Crippen molar-refractivity contribution in [2.75, 3.05) is 13.7 Å². The van der Waals surface area contributed by atoms with Gasteiger partial charge in [-0.2, -0.15) is 0 Å². The molecule has 0 spiro atoms. The second-order valence-corrected chi connectivity index (χ2v) is 6.14. The molecule has 0 amide bonds. The second-order valence-electron chi connectivity index (χ2n) is 5.30. The molecule has 0 saturated carbocycles. The molecule has 2 atom stereocenters. The average molecular weight is 360 g/mol. The number of hydrogen-bond acceptors (Lipinski definition) is 5.